The molecule has 7 nitrogen and oxygen atoms in total. The number of nitrogens with one attached hydrogen (secondary N) is 1. The van der Waals surface area contributed by atoms with Crippen molar-refractivity contribution in [2.24, 2.45) is 0 Å². The molecule has 2 aliphatic carbocycles. The summed E-state index contributed by atoms with van der Waals surface area (Å²) in [5, 5.41) is 2.86. The number of para-hydroxylation sites is 1. The summed E-state index contributed by atoms with van der Waals surface area (Å²) >= 11 is 3.60. The van der Waals surface area contributed by atoms with Crippen molar-refractivity contribution in [1.82, 2.24) is 4.90 Å². The molecular weight excluding hydrogens is 548 g/mol. The van der Waals surface area contributed by atoms with Crippen LogP contribution in [0.4, 0.5) is 5.69 Å². The number of hydrogen-bond acceptors (Lipinski definition) is 6. The number of benzene rings is 2. The number of rotatable bonds is 6. The molecule has 2 aromatic rings. The van der Waals surface area contributed by atoms with Crippen molar-refractivity contribution in [3.63, 3.8) is 0 Å². The third-order valence-corrected chi connectivity index (χ3v) is 8.19. The number of ether oxygens (including phenoxy) is 2. The van der Waals surface area contributed by atoms with Gasteiger partial charge in [-0.1, -0.05) is 18.2 Å². The van der Waals surface area contributed by atoms with Crippen molar-refractivity contribution in [3.05, 3.63) is 74.5 Å². The van der Waals surface area contributed by atoms with E-state index < -0.39 is 5.92 Å². The average molecular weight is 579 g/mol. The average Bonchev–Trinajstić information content (AvgIpc) is 2.90. The van der Waals surface area contributed by atoms with E-state index >= 15 is 0 Å². The Bertz CT molecular complexity index is 1350. The molecule has 38 heavy (non-hydrogen) atoms. The van der Waals surface area contributed by atoms with E-state index in [0.29, 0.717) is 40.0 Å². The molecule has 0 bridgehead atoms. The summed E-state index contributed by atoms with van der Waals surface area (Å²) in [7, 11) is 3.51. The molecule has 8 heteroatoms. The maximum absolute atomic E-state index is 13.3. The Kier molecular flexibility index (Phi) is 7.43. The van der Waals surface area contributed by atoms with Crippen LogP contribution in [0.2, 0.25) is 0 Å². The number of allylic oxidation sites excluding steroid dienone is 4. The van der Waals surface area contributed by atoms with Crippen molar-refractivity contribution < 1.29 is 23.9 Å². The van der Waals surface area contributed by atoms with Gasteiger partial charge in [0.05, 0.1) is 11.6 Å². The van der Waals surface area contributed by atoms with Gasteiger partial charge in [0.1, 0.15) is 0 Å². The van der Waals surface area contributed by atoms with E-state index in [2.05, 4.69) is 26.1 Å². The second kappa shape index (κ2) is 10.8. The minimum Gasteiger partial charge on any atom is -0.493 e. The third kappa shape index (κ3) is 4.77. The molecule has 0 fully saturated rings. The van der Waals surface area contributed by atoms with Crippen LogP contribution in [0.1, 0.15) is 55.6 Å². The summed E-state index contributed by atoms with van der Waals surface area (Å²) in [4.78, 5) is 41.2. The van der Waals surface area contributed by atoms with Gasteiger partial charge in [-0.05, 0) is 77.9 Å². The highest BCUT2D eigenvalue weighted by Crippen LogP contribution is 2.50. The third-order valence-electron chi connectivity index (χ3n) is 7.60. The molecular formula is C30H31BrN2O5. The first kappa shape index (κ1) is 26.2. The van der Waals surface area contributed by atoms with Crippen LogP contribution in [0.25, 0.3) is 0 Å². The van der Waals surface area contributed by atoms with E-state index in [1.54, 1.807) is 0 Å². The van der Waals surface area contributed by atoms with Gasteiger partial charge in [0.2, 0.25) is 0 Å². The highest BCUT2D eigenvalue weighted by Gasteiger charge is 2.42. The van der Waals surface area contributed by atoms with Gasteiger partial charge in [-0.2, -0.15) is 0 Å². The Morgan fingerprint density at radius 1 is 1.03 bits per heavy atom. The number of nitrogens with zero attached hydrogens (tertiary/aromatic N) is 1. The topological polar surface area (TPSA) is 84.9 Å². The quantitative estimate of drug-likeness (QED) is 0.464. The van der Waals surface area contributed by atoms with Crippen molar-refractivity contribution in [2.75, 3.05) is 26.1 Å². The number of methoxy groups -OCH3 is 1. The van der Waals surface area contributed by atoms with Gasteiger partial charge in [0.25, 0.3) is 5.91 Å². The lowest BCUT2D eigenvalue weighted by atomic mass is 9.71. The monoisotopic (exact) mass is 578 g/mol. The molecule has 1 aliphatic heterocycles. The van der Waals surface area contributed by atoms with Crippen molar-refractivity contribution in [2.45, 2.75) is 51.4 Å². The van der Waals surface area contributed by atoms with Gasteiger partial charge in [0.15, 0.2) is 29.7 Å². The van der Waals surface area contributed by atoms with Gasteiger partial charge in [-0.3, -0.25) is 14.4 Å². The zero-order valence-corrected chi connectivity index (χ0v) is 23.4. The standard InChI is InChI=1S/C30H31BrN2O5/c1-17-8-4-5-9-20(17)32-26(36)16-38-30-19(31)14-18(15-25(30)37-3)27-28-21(10-6-12-23(28)34)33(2)22-11-7-13-24(35)29(22)27/h4-5,8-9,14-15,27H,6-7,10-13,16H2,1-3H3,(H,32,36). The van der Waals surface area contributed by atoms with Crippen LogP contribution in [-0.4, -0.2) is 43.1 Å². The smallest absolute Gasteiger partial charge is 0.262 e. The Hall–Kier alpha value is -3.39. The Morgan fingerprint density at radius 2 is 1.66 bits per heavy atom. The summed E-state index contributed by atoms with van der Waals surface area (Å²) in [5.41, 5.74) is 5.95. The van der Waals surface area contributed by atoms with E-state index in [0.717, 1.165) is 53.9 Å². The largest absolute Gasteiger partial charge is 0.493 e. The second-order valence-electron chi connectivity index (χ2n) is 9.95. The normalized spacial score (nSPS) is 17.8. The molecule has 0 saturated heterocycles. The van der Waals surface area contributed by atoms with Gasteiger partial charge < -0.3 is 19.7 Å². The minimum absolute atomic E-state index is 0.0938. The van der Waals surface area contributed by atoms with Crippen LogP contribution in [0.5, 0.6) is 11.5 Å². The molecule has 0 unspecified atom stereocenters. The molecule has 0 atom stereocenters. The summed E-state index contributed by atoms with van der Waals surface area (Å²) in [6, 6.07) is 11.2. The highest BCUT2D eigenvalue weighted by molar-refractivity contribution is 9.10. The maximum Gasteiger partial charge on any atom is 0.262 e. The number of hydrogen-bond donors (Lipinski definition) is 1. The van der Waals surface area contributed by atoms with E-state index in [4.69, 9.17) is 9.47 Å². The minimum atomic E-state index is -0.444. The Balaban J connectivity index is 1.48. The first-order chi connectivity index (χ1) is 18.3. The fourth-order valence-corrected chi connectivity index (χ4v) is 6.34. The molecule has 2 aromatic carbocycles. The Labute approximate surface area is 231 Å². The molecule has 0 aromatic heterocycles. The SMILES string of the molecule is COc1cc(C2C3=C(CCCC3=O)N(C)C3=C2C(=O)CCC3)cc(Br)c1OCC(=O)Nc1ccccc1C. The molecule has 3 aliphatic rings. The zero-order valence-electron chi connectivity index (χ0n) is 21.9. The van der Waals surface area contributed by atoms with Crippen LogP contribution in [0, 0.1) is 6.92 Å². The summed E-state index contributed by atoms with van der Waals surface area (Å²) in [5.74, 6) is 0.260. The van der Waals surface area contributed by atoms with Crippen molar-refractivity contribution >= 4 is 39.1 Å². The molecule has 1 amide bonds. The fraction of sp³-hybridized carbons (Fsp3) is 0.367. The lowest BCUT2D eigenvalue weighted by Gasteiger charge is -2.42. The van der Waals surface area contributed by atoms with Crippen LogP contribution in [0.15, 0.2) is 63.4 Å². The number of carbonyl (C=O) groups excluding carboxylic acids is 3. The summed E-state index contributed by atoms with van der Waals surface area (Å²) in [6.45, 7) is 1.71. The number of halogens is 1. The molecule has 0 spiro atoms. The number of aryl methyl sites for hydroxylation is 1. The number of Topliss-reactive ketones (excluding diaryl/α,β-unsaturated/α-hetero) is 2. The molecule has 198 valence electrons. The van der Waals surface area contributed by atoms with Crippen molar-refractivity contribution in [3.8, 4) is 11.5 Å². The lowest BCUT2D eigenvalue weighted by Crippen LogP contribution is -2.37. The van der Waals surface area contributed by atoms with Crippen molar-refractivity contribution in [1.29, 1.82) is 0 Å². The van der Waals surface area contributed by atoms with E-state index in [9.17, 15) is 14.4 Å². The first-order valence-corrected chi connectivity index (χ1v) is 13.7. The first-order valence-electron chi connectivity index (χ1n) is 12.9. The molecule has 0 radical (unpaired) electrons. The van der Waals surface area contributed by atoms with Gasteiger partial charge in [-0.15, -0.1) is 0 Å². The summed E-state index contributed by atoms with van der Waals surface area (Å²) in [6.07, 6.45) is 4.22. The maximum atomic E-state index is 13.3. The zero-order chi connectivity index (χ0) is 27.0. The summed E-state index contributed by atoms with van der Waals surface area (Å²) < 4.78 is 12.2. The second-order valence-corrected chi connectivity index (χ2v) is 10.8. The number of carbonyl (C=O) groups is 3. The molecule has 1 N–H and O–H groups in total. The Morgan fingerprint density at radius 3 is 2.26 bits per heavy atom. The highest BCUT2D eigenvalue weighted by atomic mass is 79.9. The lowest BCUT2D eigenvalue weighted by molar-refractivity contribution is -0.118. The number of amides is 1. The number of ketones is 2. The van der Waals surface area contributed by atoms with Crippen LogP contribution in [-0.2, 0) is 14.4 Å². The van der Waals surface area contributed by atoms with Gasteiger partial charge >= 0.3 is 0 Å². The van der Waals surface area contributed by atoms with Crippen LogP contribution < -0.4 is 14.8 Å². The van der Waals surface area contributed by atoms with Gasteiger partial charge in [0, 0.05) is 54.0 Å². The fourth-order valence-electron chi connectivity index (χ4n) is 5.77. The molecule has 0 saturated carbocycles. The van der Waals surface area contributed by atoms with E-state index in [1.807, 2.05) is 50.4 Å². The van der Waals surface area contributed by atoms with Crippen LogP contribution in [0.3, 0.4) is 0 Å². The van der Waals surface area contributed by atoms with Crippen LogP contribution >= 0.6 is 15.9 Å². The van der Waals surface area contributed by atoms with E-state index in [1.165, 1.54) is 7.11 Å². The molecule has 5 rings (SSSR count). The predicted octanol–water partition coefficient (Wildman–Crippen LogP) is 5.83. The van der Waals surface area contributed by atoms with E-state index in [-0.39, 0.29) is 24.1 Å². The number of anilines is 1. The predicted molar refractivity (Wildman–Crippen MR) is 148 cm³/mol. The molecule has 1 heterocycles. The van der Waals surface area contributed by atoms with Gasteiger partial charge in [-0.25, -0.2) is 0 Å².